The van der Waals surface area contributed by atoms with Crippen molar-refractivity contribution >= 4 is 75.4 Å². The molecule has 36 heavy (non-hydrogen) atoms. The molecule has 0 aromatic heterocycles. The van der Waals surface area contributed by atoms with E-state index in [0.717, 1.165) is 14.0 Å². The first-order valence-electron chi connectivity index (χ1n) is 10.7. The average Bonchev–Trinajstić information content (AvgIpc) is 2.82. The number of nitrogens with zero attached hydrogens (tertiary/aromatic N) is 1. The maximum absolute atomic E-state index is 14.3. The highest BCUT2D eigenvalue weighted by atomic mass is 127. The summed E-state index contributed by atoms with van der Waals surface area (Å²) in [5.74, 6) is -1.46. The van der Waals surface area contributed by atoms with E-state index in [0.29, 0.717) is 29.9 Å². The van der Waals surface area contributed by atoms with Crippen molar-refractivity contribution in [1.29, 1.82) is 0 Å². The van der Waals surface area contributed by atoms with E-state index in [4.69, 9.17) is 27.9 Å². The van der Waals surface area contributed by atoms with Gasteiger partial charge >= 0.3 is 6.03 Å². The Hall–Kier alpha value is -2.95. The Balaban J connectivity index is 1.73. The minimum Gasteiger partial charge on any atom is -0.494 e. The van der Waals surface area contributed by atoms with Crippen LogP contribution in [-0.4, -0.2) is 24.5 Å². The van der Waals surface area contributed by atoms with Gasteiger partial charge in [-0.15, -0.1) is 0 Å². The number of halogens is 4. The van der Waals surface area contributed by atoms with Gasteiger partial charge in [0.1, 0.15) is 17.1 Å². The molecule has 6 nitrogen and oxygen atoms in total. The minimum atomic E-state index is -0.898. The molecule has 1 N–H and O–H groups in total. The largest absolute Gasteiger partial charge is 0.494 e. The minimum absolute atomic E-state index is 0.151. The molecule has 0 radical (unpaired) electrons. The summed E-state index contributed by atoms with van der Waals surface area (Å²) in [6.07, 6.45) is 1.68. The maximum Gasteiger partial charge on any atom is 0.335 e. The normalized spacial score (nSPS) is 14.9. The summed E-state index contributed by atoms with van der Waals surface area (Å²) < 4.78 is 20.8. The molecule has 0 atom stereocenters. The number of amides is 4. The van der Waals surface area contributed by atoms with Crippen molar-refractivity contribution in [3.8, 4) is 5.75 Å². The SMILES string of the molecule is CCOc1cc(/C=C2\C(=O)NC(=O)N(c3ccc(Cl)c(Cl)c3)C2=O)cc(I)c1Cc1ccccc1F. The van der Waals surface area contributed by atoms with Crippen LogP contribution >= 0.6 is 45.8 Å². The second-order valence-corrected chi connectivity index (χ2v) is 9.71. The van der Waals surface area contributed by atoms with Crippen LogP contribution in [0.2, 0.25) is 10.0 Å². The summed E-state index contributed by atoms with van der Waals surface area (Å²) in [6.45, 7) is 2.18. The lowest BCUT2D eigenvalue weighted by Crippen LogP contribution is -2.54. The number of barbiturate groups is 1. The fourth-order valence-corrected chi connectivity index (χ4v) is 4.79. The predicted molar refractivity (Wildman–Crippen MR) is 145 cm³/mol. The number of carbonyl (C=O) groups excluding carboxylic acids is 3. The number of ether oxygens (including phenoxy) is 1. The zero-order chi connectivity index (χ0) is 26.0. The Bertz CT molecular complexity index is 1430. The number of nitrogens with one attached hydrogen (secondary N) is 1. The van der Waals surface area contributed by atoms with E-state index in [9.17, 15) is 18.8 Å². The second-order valence-electron chi connectivity index (χ2n) is 7.74. The molecule has 1 fully saturated rings. The Labute approximate surface area is 230 Å². The number of rotatable bonds is 6. The molecular formula is C26H18Cl2FIN2O4. The summed E-state index contributed by atoms with van der Waals surface area (Å²) in [7, 11) is 0. The Morgan fingerprint density at radius 2 is 1.81 bits per heavy atom. The summed E-state index contributed by atoms with van der Waals surface area (Å²) >= 11 is 14.1. The third-order valence-electron chi connectivity index (χ3n) is 5.38. The molecule has 0 unspecified atom stereocenters. The lowest BCUT2D eigenvalue weighted by Gasteiger charge is -2.26. The first-order chi connectivity index (χ1) is 17.2. The molecule has 1 aliphatic rings. The molecule has 0 aliphatic carbocycles. The van der Waals surface area contributed by atoms with Gasteiger partial charge in [0.15, 0.2) is 0 Å². The van der Waals surface area contributed by atoms with Crippen LogP contribution in [0.15, 0.2) is 60.2 Å². The zero-order valence-corrected chi connectivity index (χ0v) is 22.4. The third kappa shape index (κ3) is 5.40. The van der Waals surface area contributed by atoms with E-state index in [1.807, 2.05) is 6.92 Å². The molecule has 1 aliphatic heterocycles. The van der Waals surface area contributed by atoms with E-state index in [1.165, 1.54) is 30.3 Å². The molecule has 1 heterocycles. The molecule has 4 amide bonds. The van der Waals surface area contributed by atoms with E-state index < -0.39 is 17.8 Å². The van der Waals surface area contributed by atoms with Crippen molar-refractivity contribution in [3.63, 3.8) is 0 Å². The fourth-order valence-electron chi connectivity index (χ4n) is 3.69. The number of carbonyl (C=O) groups is 3. The molecule has 3 aromatic carbocycles. The van der Waals surface area contributed by atoms with Crippen LogP contribution in [-0.2, 0) is 16.0 Å². The standard InChI is InChI=1S/C26H18Cl2FIN2O4/c1-2-36-23-11-14(10-22(30)17(23)12-15-5-3-4-6-21(15)29)9-18-24(33)31-26(35)32(25(18)34)16-7-8-19(27)20(28)13-16/h3-11,13H,2,12H2,1H3,(H,31,33,35)/b18-9+. The first-order valence-corrected chi connectivity index (χ1v) is 12.6. The monoisotopic (exact) mass is 638 g/mol. The van der Waals surface area contributed by atoms with Crippen LogP contribution in [0.25, 0.3) is 6.08 Å². The summed E-state index contributed by atoms with van der Waals surface area (Å²) in [6, 6.07) is 13.3. The number of urea groups is 1. The fraction of sp³-hybridized carbons (Fsp3) is 0.115. The van der Waals surface area contributed by atoms with Crippen LogP contribution in [0.4, 0.5) is 14.9 Å². The molecule has 184 valence electrons. The number of hydrogen-bond donors (Lipinski definition) is 1. The Kier molecular flexibility index (Phi) is 7.97. The highest BCUT2D eigenvalue weighted by Crippen LogP contribution is 2.32. The van der Waals surface area contributed by atoms with Gasteiger partial charge < -0.3 is 4.74 Å². The first kappa shape index (κ1) is 26.1. The molecule has 1 saturated heterocycles. The lowest BCUT2D eigenvalue weighted by molar-refractivity contribution is -0.122. The van der Waals surface area contributed by atoms with Crippen LogP contribution in [0.1, 0.15) is 23.6 Å². The highest BCUT2D eigenvalue weighted by Gasteiger charge is 2.37. The van der Waals surface area contributed by atoms with Crippen LogP contribution in [0.3, 0.4) is 0 Å². The Morgan fingerprint density at radius 1 is 1.06 bits per heavy atom. The molecule has 0 saturated carbocycles. The molecule has 0 spiro atoms. The van der Waals surface area contributed by atoms with E-state index in [1.54, 1.807) is 30.3 Å². The molecule has 10 heteroatoms. The summed E-state index contributed by atoms with van der Waals surface area (Å²) in [5.41, 5.74) is 1.70. The number of benzene rings is 3. The van der Waals surface area contributed by atoms with E-state index in [-0.39, 0.29) is 27.1 Å². The van der Waals surface area contributed by atoms with Crippen molar-refractivity contribution in [2.75, 3.05) is 11.5 Å². The topological polar surface area (TPSA) is 75.7 Å². The smallest absolute Gasteiger partial charge is 0.335 e. The summed E-state index contributed by atoms with van der Waals surface area (Å²) in [4.78, 5) is 39.1. The van der Waals surface area contributed by atoms with Gasteiger partial charge in [0.25, 0.3) is 11.8 Å². The third-order valence-corrected chi connectivity index (χ3v) is 7.08. The Morgan fingerprint density at radius 3 is 2.50 bits per heavy atom. The second kappa shape index (κ2) is 11.0. The number of imide groups is 2. The van der Waals surface area contributed by atoms with E-state index >= 15 is 0 Å². The number of anilines is 1. The van der Waals surface area contributed by atoms with Gasteiger partial charge in [-0.05, 0) is 83.1 Å². The molecule has 3 aromatic rings. The van der Waals surface area contributed by atoms with Crippen molar-refractivity contribution in [1.82, 2.24) is 5.32 Å². The highest BCUT2D eigenvalue weighted by molar-refractivity contribution is 14.1. The van der Waals surface area contributed by atoms with Crippen molar-refractivity contribution in [2.24, 2.45) is 0 Å². The van der Waals surface area contributed by atoms with Gasteiger partial charge in [0.2, 0.25) is 0 Å². The molecular weight excluding hydrogens is 621 g/mol. The van der Waals surface area contributed by atoms with E-state index in [2.05, 4.69) is 27.9 Å². The van der Waals surface area contributed by atoms with Crippen molar-refractivity contribution in [2.45, 2.75) is 13.3 Å². The van der Waals surface area contributed by atoms with Gasteiger partial charge in [-0.2, -0.15) is 0 Å². The van der Waals surface area contributed by atoms with Gasteiger partial charge in [0.05, 0.1) is 22.3 Å². The number of hydrogen-bond acceptors (Lipinski definition) is 4. The predicted octanol–water partition coefficient (Wildman–Crippen LogP) is 6.39. The lowest BCUT2D eigenvalue weighted by atomic mass is 10.00. The maximum atomic E-state index is 14.3. The molecule has 4 rings (SSSR count). The van der Waals surface area contributed by atoms with Crippen LogP contribution in [0, 0.1) is 9.39 Å². The van der Waals surface area contributed by atoms with Gasteiger partial charge in [-0.25, -0.2) is 14.1 Å². The zero-order valence-electron chi connectivity index (χ0n) is 18.8. The van der Waals surface area contributed by atoms with Gasteiger partial charge in [-0.1, -0.05) is 41.4 Å². The molecule has 0 bridgehead atoms. The van der Waals surface area contributed by atoms with Gasteiger partial charge in [0, 0.05) is 15.6 Å². The quantitative estimate of drug-likeness (QED) is 0.193. The average molecular weight is 639 g/mol. The van der Waals surface area contributed by atoms with Gasteiger partial charge in [-0.3, -0.25) is 14.9 Å². The summed E-state index contributed by atoms with van der Waals surface area (Å²) in [5, 5.41) is 2.58. The van der Waals surface area contributed by atoms with Crippen molar-refractivity contribution in [3.05, 3.63) is 96.3 Å². The van der Waals surface area contributed by atoms with Crippen LogP contribution < -0.4 is 15.0 Å². The van der Waals surface area contributed by atoms with Crippen LogP contribution in [0.5, 0.6) is 5.75 Å². The van der Waals surface area contributed by atoms with Crippen molar-refractivity contribution < 1.29 is 23.5 Å².